The van der Waals surface area contributed by atoms with E-state index in [1.54, 1.807) is 36.4 Å². The van der Waals surface area contributed by atoms with Crippen LogP contribution in [0.2, 0.25) is 5.15 Å². The Morgan fingerprint density at radius 1 is 1.00 bits per heavy atom. The average Bonchev–Trinajstić information content (AvgIpc) is 3.02. The number of hydrogen-bond acceptors (Lipinski definition) is 4. The molecule has 0 saturated carbocycles. The van der Waals surface area contributed by atoms with Crippen LogP contribution < -0.4 is 4.74 Å². The zero-order chi connectivity index (χ0) is 22.4. The third-order valence-electron chi connectivity index (χ3n) is 4.49. The van der Waals surface area contributed by atoms with Gasteiger partial charge in [0.25, 0.3) is 0 Å². The number of imidazole rings is 1. The molecule has 0 amide bonds. The van der Waals surface area contributed by atoms with Crippen molar-refractivity contribution in [1.82, 2.24) is 9.38 Å². The number of rotatable bonds is 4. The Morgan fingerprint density at radius 3 is 2.35 bits per heavy atom. The molecule has 4 aromatic rings. The monoisotopic (exact) mass is 466 g/mol. The molecule has 0 radical (unpaired) electrons. The molecule has 0 spiro atoms. The average molecular weight is 467 g/mol. The zero-order valence-electron chi connectivity index (χ0n) is 15.9. The van der Waals surface area contributed by atoms with Crippen LogP contribution in [0.25, 0.3) is 16.9 Å². The lowest BCUT2D eigenvalue weighted by atomic mass is 10.1. The van der Waals surface area contributed by atoms with E-state index in [9.17, 15) is 21.6 Å². The summed E-state index contributed by atoms with van der Waals surface area (Å²) in [5, 5.41) is -0.0899. The summed E-state index contributed by atoms with van der Waals surface area (Å²) in [5.74, 6) is 0.643. The van der Waals surface area contributed by atoms with Gasteiger partial charge in [0.2, 0.25) is 0 Å². The van der Waals surface area contributed by atoms with Gasteiger partial charge in [-0.1, -0.05) is 29.8 Å². The van der Waals surface area contributed by atoms with Crippen LogP contribution in [0.1, 0.15) is 5.56 Å². The van der Waals surface area contributed by atoms with E-state index in [4.69, 9.17) is 16.3 Å². The topological polar surface area (TPSA) is 60.7 Å². The van der Waals surface area contributed by atoms with Crippen molar-refractivity contribution in [3.63, 3.8) is 0 Å². The first-order chi connectivity index (χ1) is 14.5. The van der Waals surface area contributed by atoms with Gasteiger partial charge in [-0.25, -0.2) is 13.4 Å². The lowest BCUT2D eigenvalue weighted by Crippen LogP contribution is -2.07. The van der Waals surface area contributed by atoms with Gasteiger partial charge in [-0.15, -0.1) is 0 Å². The maximum absolute atomic E-state index is 13.3. The summed E-state index contributed by atoms with van der Waals surface area (Å²) in [7, 11) is -3.41. The number of halogens is 4. The molecule has 5 nitrogen and oxygen atoms in total. The molecule has 4 rings (SSSR count). The predicted molar refractivity (Wildman–Crippen MR) is 110 cm³/mol. The Morgan fingerprint density at radius 2 is 1.68 bits per heavy atom. The largest absolute Gasteiger partial charge is 0.457 e. The van der Waals surface area contributed by atoms with E-state index in [1.807, 2.05) is 0 Å². The molecule has 0 bridgehead atoms. The van der Waals surface area contributed by atoms with Gasteiger partial charge in [0.1, 0.15) is 11.5 Å². The Kier molecular flexibility index (Phi) is 5.18. The molecule has 0 atom stereocenters. The molecule has 0 fully saturated rings. The molecule has 2 aromatic heterocycles. The second-order valence-corrected chi connectivity index (χ2v) is 9.12. The number of ether oxygens (including phenoxy) is 1. The van der Waals surface area contributed by atoms with Crippen molar-refractivity contribution in [3.05, 3.63) is 77.6 Å². The van der Waals surface area contributed by atoms with Crippen molar-refractivity contribution in [2.75, 3.05) is 6.26 Å². The number of fused-ring (bicyclic) bond motifs is 1. The van der Waals surface area contributed by atoms with Crippen LogP contribution in [0.4, 0.5) is 13.2 Å². The number of pyridine rings is 1. The van der Waals surface area contributed by atoms with Gasteiger partial charge in [-0.2, -0.15) is 13.2 Å². The maximum Gasteiger partial charge on any atom is 0.419 e. The molecule has 31 heavy (non-hydrogen) atoms. The van der Waals surface area contributed by atoms with Crippen molar-refractivity contribution in [3.8, 4) is 22.8 Å². The molecule has 0 aliphatic rings. The summed E-state index contributed by atoms with van der Waals surface area (Å²) >= 11 is 6.20. The van der Waals surface area contributed by atoms with Gasteiger partial charge in [0, 0.05) is 18.0 Å². The Hall–Kier alpha value is -3.04. The highest BCUT2D eigenvalue weighted by Gasteiger charge is 2.34. The molecule has 2 heterocycles. The fourth-order valence-corrected chi connectivity index (χ4v) is 4.07. The number of benzene rings is 2. The van der Waals surface area contributed by atoms with Crippen LogP contribution in [0.15, 0.2) is 71.8 Å². The fraction of sp³-hybridized carbons (Fsp3) is 0.0952. The lowest BCUT2D eigenvalue weighted by Gasteiger charge is -2.10. The van der Waals surface area contributed by atoms with E-state index in [0.29, 0.717) is 17.1 Å². The molecule has 0 N–H and O–H groups in total. The molecule has 0 unspecified atom stereocenters. The third kappa shape index (κ3) is 4.24. The Balaban J connectivity index is 1.76. The second-order valence-electron chi connectivity index (χ2n) is 6.74. The van der Waals surface area contributed by atoms with Crippen molar-refractivity contribution in [2.45, 2.75) is 11.1 Å². The number of alkyl halides is 3. The quantitative estimate of drug-likeness (QED) is 0.377. The molecule has 160 valence electrons. The van der Waals surface area contributed by atoms with Crippen molar-refractivity contribution >= 4 is 27.1 Å². The number of hydrogen-bond donors (Lipinski definition) is 0. The van der Waals surface area contributed by atoms with Crippen LogP contribution in [0.5, 0.6) is 11.5 Å². The molecular formula is C21H14ClF3N2O3S. The summed E-state index contributed by atoms with van der Waals surface area (Å²) < 4.78 is 70.5. The van der Waals surface area contributed by atoms with Crippen LogP contribution in [-0.2, 0) is 16.0 Å². The minimum atomic E-state index is -4.58. The maximum atomic E-state index is 13.3. The van der Waals surface area contributed by atoms with Crippen LogP contribution in [0.3, 0.4) is 0 Å². The normalized spacial score (nSPS) is 12.3. The highest BCUT2D eigenvalue weighted by molar-refractivity contribution is 7.90. The first-order valence-electron chi connectivity index (χ1n) is 8.86. The summed E-state index contributed by atoms with van der Waals surface area (Å²) in [6.07, 6.45) is -2.04. The van der Waals surface area contributed by atoms with E-state index in [-0.39, 0.29) is 21.4 Å². The van der Waals surface area contributed by atoms with Crippen LogP contribution in [-0.4, -0.2) is 24.1 Å². The first-order valence-corrected chi connectivity index (χ1v) is 11.1. The minimum absolute atomic E-state index is 0.0899. The molecular weight excluding hydrogens is 453 g/mol. The van der Waals surface area contributed by atoms with Gasteiger partial charge in [0.15, 0.2) is 20.6 Å². The Labute approximate surface area is 180 Å². The Bertz CT molecular complexity index is 1400. The van der Waals surface area contributed by atoms with Crippen LogP contribution in [0, 0.1) is 0 Å². The van der Waals surface area contributed by atoms with E-state index in [1.165, 1.54) is 28.8 Å². The molecule has 0 aliphatic heterocycles. The minimum Gasteiger partial charge on any atom is -0.457 e. The van der Waals surface area contributed by atoms with E-state index < -0.39 is 21.6 Å². The molecule has 10 heteroatoms. The zero-order valence-corrected chi connectivity index (χ0v) is 17.5. The molecule has 0 saturated heterocycles. The van der Waals surface area contributed by atoms with E-state index >= 15 is 0 Å². The predicted octanol–water partition coefficient (Wildman–Crippen LogP) is 5.87. The van der Waals surface area contributed by atoms with Crippen LogP contribution >= 0.6 is 11.6 Å². The highest BCUT2D eigenvalue weighted by atomic mass is 35.5. The summed E-state index contributed by atoms with van der Waals surface area (Å²) in [4.78, 5) is 4.01. The summed E-state index contributed by atoms with van der Waals surface area (Å²) in [6.45, 7) is 0. The number of sulfone groups is 1. The molecule has 2 aromatic carbocycles. The second kappa shape index (κ2) is 7.58. The summed E-state index contributed by atoms with van der Waals surface area (Å²) in [5.41, 5.74) is -0.443. The highest BCUT2D eigenvalue weighted by Crippen LogP contribution is 2.37. The van der Waals surface area contributed by atoms with Gasteiger partial charge < -0.3 is 4.74 Å². The van der Waals surface area contributed by atoms with Gasteiger partial charge in [-0.05, 0) is 42.5 Å². The SMILES string of the molecule is CS(=O)(=O)c1cccc(Oc2cccc(-c3c(Cl)nc4c(C(F)(F)F)cccn34)c2)c1. The van der Waals surface area contributed by atoms with Crippen molar-refractivity contribution in [1.29, 1.82) is 0 Å². The first kappa shape index (κ1) is 21.2. The smallest absolute Gasteiger partial charge is 0.419 e. The number of aromatic nitrogens is 2. The number of nitrogens with zero attached hydrogens (tertiary/aromatic N) is 2. The van der Waals surface area contributed by atoms with Gasteiger partial charge in [-0.3, -0.25) is 4.40 Å². The van der Waals surface area contributed by atoms with E-state index in [2.05, 4.69) is 4.98 Å². The summed E-state index contributed by atoms with van der Waals surface area (Å²) in [6, 6.07) is 14.7. The third-order valence-corrected chi connectivity index (χ3v) is 5.86. The van der Waals surface area contributed by atoms with E-state index in [0.717, 1.165) is 12.3 Å². The van der Waals surface area contributed by atoms with Crippen molar-refractivity contribution in [2.24, 2.45) is 0 Å². The fourth-order valence-electron chi connectivity index (χ4n) is 3.13. The standard InChI is InChI=1S/C21H14ClF3N2O3S/c1-31(28,29)16-8-3-7-15(12-16)30-14-6-2-5-13(11-14)18-19(22)26-20-17(21(23,24)25)9-4-10-27(18)20/h2-12H,1H3. The van der Waals surface area contributed by atoms with Crippen molar-refractivity contribution < 1.29 is 26.3 Å². The van der Waals surface area contributed by atoms with Gasteiger partial charge in [0.05, 0.1) is 16.2 Å². The lowest BCUT2D eigenvalue weighted by molar-refractivity contribution is -0.136. The molecule has 0 aliphatic carbocycles. The van der Waals surface area contributed by atoms with Gasteiger partial charge >= 0.3 is 6.18 Å².